The second-order valence-corrected chi connectivity index (χ2v) is 5.93. The van der Waals surface area contributed by atoms with Gasteiger partial charge in [0.25, 0.3) is 5.69 Å². The summed E-state index contributed by atoms with van der Waals surface area (Å²) in [4.78, 5) is 10.6. The molecule has 100 valence electrons. The lowest BCUT2D eigenvalue weighted by Gasteiger charge is -2.27. The number of aryl methyl sites for hydroxylation is 1. The summed E-state index contributed by atoms with van der Waals surface area (Å²) < 4.78 is 0. The molecule has 0 bridgehead atoms. The van der Waals surface area contributed by atoms with Gasteiger partial charge in [-0.15, -0.1) is 0 Å². The molecule has 4 nitrogen and oxygen atoms in total. The second kappa shape index (κ2) is 5.38. The molecule has 0 spiro atoms. The van der Waals surface area contributed by atoms with Gasteiger partial charge in [0.2, 0.25) is 0 Å². The maximum atomic E-state index is 11.0. The predicted molar refractivity (Wildman–Crippen MR) is 74.9 cm³/mol. The molecule has 1 rings (SSSR count). The summed E-state index contributed by atoms with van der Waals surface area (Å²) in [5.74, 6) is 0.429. The van der Waals surface area contributed by atoms with Crippen molar-refractivity contribution in [3.63, 3.8) is 0 Å². The van der Waals surface area contributed by atoms with Gasteiger partial charge in [-0.1, -0.05) is 33.8 Å². The van der Waals surface area contributed by atoms with Crippen LogP contribution in [0.25, 0.3) is 0 Å². The van der Waals surface area contributed by atoms with Crippen molar-refractivity contribution in [2.45, 2.75) is 34.6 Å². The standard InChI is InChI=1S/C14H22N2O2/c1-10-6-7-12(13(8-10)16(17)18)15-9-11(2)14(3,4)5/h6-8,11,15H,9H2,1-5H3. The molecule has 0 heterocycles. The minimum Gasteiger partial charge on any atom is -0.379 e. The molecule has 0 aromatic heterocycles. The third-order valence-electron chi connectivity index (χ3n) is 3.43. The summed E-state index contributed by atoms with van der Waals surface area (Å²) in [5.41, 5.74) is 1.83. The van der Waals surface area contributed by atoms with E-state index in [2.05, 4.69) is 33.0 Å². The van der Waals surface area contributed by atoms with Crippen LogP contribution in [0.5, 0.6) is 0 Å². The Morgan fingerprint density at radius 2 is 2.00 bits per heavy atom. The molecule has 1 atom stereocenters. The lowest BCUT2D eigenvalue weighted by Crippen LogP contribution is -2.25. The average molecular weight is 250 g/mol. The second-order valence-electron chi connectivity index (χ2n) is 5.93. The van der Waals surface area contributed by atoms with E-state index in [0.29, 0.717) is 11.6 Å². The molecule has 1 aromatic rings. The number of nitrogens with one attached hydrogen (secondary N) is 1. The smallest absolute Gasteiger partial charge is 0.292 e. The van der Waals surface area contributed by atoms with Crippen LogP contribution in [0.1, 0.15) is 33.3 Å². The van der Waals surface area contributed by atoms with Gasteiger partial charge in [0.05, 0.1) is 4.92 Å². The first-order valence-electron chi connectivity index (χ1n) is 6.20. The Morgan fingerprint density at radius 1 is 1.39 bits per heavy atom. The molecule has 4 heteroatoms. The van der Waals surface area contributed by atoms with Crippen LogP contribution in [0.3, 0.4) is 0 Å². The Bertz CT molecular complexity index is 436. The van der Waals surface area contributed by atoms with Crippen molar-refractivity contribution in [3.8, 4) is 0 Å². The van der Waals surface area contributed by atoms with E-state index in [4.69, 9.17) is 0 Å². The highest BCUT2D eigenvalue weighted by Gasteiger charge is 2.21. The summed E-state index contributed by atoms with van der Waals surface area (Å²) in [6.07, 6.45) is 0. The van der Waals surface area contributed by atoms with Gasteiger partial charge < -0.3 is 5.32 Å². The van der Waals surface area contributed by atoms with Gasteiger partial charge >= 0.3 is 0 Å². The van der Waals surface area contributed by atoms with Gasteiger partial charge in [0, 0.05) is 12.6 Å². The van der Waals surface area contributed by atoms with E-state index in [9.17, 15) is 10.1 Å². The molecule has 0 aliphatic heterocycles. The van der Waals surface area contributed by atoms with Gasteiger partial charge in [0.1, 0.15) is 5.69 Å². The molecule has 0 saturated heterocycles. The Labute approximate surface area is 109 Å². The van der Waals surface area contributed by atoms with E-state index < -0.39 is 0 Å². The summed E-state index contributed by atoms with van der Waals surface area (Å²) in [6.45, 7) is 11.2. The number of nitrogens with zero attached hydrogens (tertiary/aromatic N) is 1. The van der Waals surface area contributed by atoms with Gasteiger partial charge in [-0.25, -0.2) is 0 Å². The molecule has 0 saturated carbocycles. The van der Waals surface area contributed by atoms with E-state index >= 15 is 0 Å². The Kier molecular flexibility index (Phi) is 4.33. The lowest BCUT2D eigenvalue weighted by molar-refractivity contribution is -0.384. The quantitative estimate of drug-likeness (QED) is 0.649. The van der Waals surface area contributed by atoms with Crippen LogP contribution >= 0.6 is 0 Å². The van der Waals surface area contributed by atoms with Crippen molar-refractivity contribution >= 4 is 11.4 Å². The number of hydrogen-bond acceptors (Lipinski definition) is 3. The molecule has 1 N–H and O–H groups in total. The summed E-state index contributed by atoms with van der Waals surface area (Å²) in [6, 6.07) is 5.27. The van der Waals surface area contributed by atoms with Crippen molar-refractivity contribution in [2.24, 2.45) is 11.3 Å². The molecule has 0 fully saturated rings. The Morgan fingerprint density at radius 3 is 2.50 bits per heavy atom. The maximum absolute atomic E-state index is 11.0. The van der Waals surface area contributed by atoms with Crippen molar-refractivity contribution < 1.29 is 4.92 Å². The molecule has 0 aliphatic carbocycles. The van der Waals surface area contributed by atoms with E-state index in [1.165, 1.54) is 0 Å². The zero-order valence-electron chi connectivity index (χ0n) is 11.8. The first-order valence-corrected chi connectivity index (χ1v) is 6.20. The molecule has 1 aromatic carbocycles. The summed E-state index contributed by atoms with van der Waals surface area (Å²) >= 11 is 0. The SMILES string of the molecule is Cc1ccc(NCC(C)C(C)(C)C)c([N+](=O)[O-])c1. The minimum atomic E-state index is -0.336. The van der Waals surface area contributed by atoms with Crippen LogP contribution in [0.4, 0.5) is 11.4 Å². The van der Waals surface area contributed by atoms with Crippen LogP contribution in [-0.4, -0.2) is 11.5 Å². The van der Waals surface area contributed by atoms with Crippen LogP contribution in [0.2, 0.25) is 0 Å². The molecule has 0 radical (unpaired) electrons. The van der Waals surface area contributed by atoms with Gasteiger partial charge in [0.15, 0.2) is 0 Å². The average Bonchev–Trinajstić information content (AvgIpc) is 2.25. The number of benzene rings is 1. The van der Waals surface area contributed by atoms with E-state index in [1.54, 1.807) is 12.1 Å². The highest BCUT2D eigenvalue weighted by Crippen LogP contribution is 2.29. The van der Waals surface area contributed by atoms with Crippen molar-refractivity contribution in [1.29, 1.82) is 0 Å². The maximum Gasteiger partial charge on any atom is 0.292 e. The third kappa shape index (κ3) is 3.72. The predicted octanol–water partition coefficient (Wildman–Crippen LogP) is 4.00. The highest BCUT2D eigenvalue weighted by molar-refractivity contribution is 5.62. The fourth-order valence-corrected chi connectivity index (χ4v) is 1.51. The van der Waals surface area contributed by atoms with E-state index in [1.807, 2.05) is 13.0 Å². The number of anilines is 1. The van der Waals surface area contributed by atoms with E-state index in [-0.39, 0.29) is 16.0 Å². The van der Waals surface area contributed by atoms with Crippen molar-refractivity contribution in [2.75, 3.05) is 11.9 Å². The van der Waals surface area contributed by atoms with Gasteiger partial charge in [-0.2, -0.15) is 0 Å². The monoisotopic (exact) mass is 250 g/mol. The van der Waals surface area contributed by atoms with Crippen LogP contribution in [0.15, 0.2) is 18.2 Å². The van der Waals surface area contributed by atoms with Crippen LogP contribution in [0, 0.1) is 28.4 Å². The number of nitro groups is 1. The third-order valence-corrected chi connectivity index (χ3v) is 3.43. The normalized spacial score (nSPS) is 13.2. The largest absolute Gasteiger partial charge is 0.379 e. The van der Waals surface area contributed by atoms with E-state index in [0.717, 1.165) is 12.1 Å². The first kappa shape index (κ1) is 14.5. The summed E-state index contributed by atoms with van der Waals surface area (Å²) in [7, 11) is 0. The highest BCUT2D eigenvalue weighted by atomic mass is 16.6. The zero-order chi connectivity index (χ0) is 13.9. The van der Waals surface area contributed by atoms with Crippen molar-refractivity contribution in [3.05, 3.63) is 33.9 Å². The minimum absolute atomic E-state index is 0.149. The van der Waals surface area contributed by atoms with Crippen molar-refractivity contribution in [1.82, 2.24) is 0 Å². The topological polar surface area (TPSA) is 55.2 Å². The zero-order valence-corrected chi connectivity index (χ0v) is 11.8. The molecule has 18 heavy (non-hydrogen) atoms. The van der Waals surface area contributed by atoms with Gasteiger partial charge in [-0.3, -0.25) is 10.1 Å². The number of hydrogen-bond donors (Lipinski definition) is 1. The fraction of sp³-hybridized carbons (Fsp3) is 0.571. The molecule has 1 unspecified atom stereocenters. The molecular formula is C14H22N2O2. The van der Waals surface area contributed by atoms with Gasteiger partial charge in [-0.05, 0) is 29.9 Å². The number of nitro benzene ring substituents is 1. The molecule has 0 aliphatic rings. The lowest BCUT2D eigenvalue weighted by atomic mass is 9.82. The van der Waals surface area contributed by atoms with Crippen LogP contribution < -0.4 is 5.32 Å². The summed E-state index contributed by atoms with van der Waals surface area (Å²) in [5, 5.41) is 14.2. The Balaban J connectivity index is 2.82. The molecular weight excluding hydrogens is 228 g/mol. The Hall–Kier alpha value is -1.58. The van der Waals surface area contributed by atoms with Crippen LogP contribution in [-0.2, 0) is 0 Å². The molecule has 0 amide bonds. The first-order chi connectivity index (χ1) is 8.21. The number of rotatable bonds is 4. The fourth-order valence-electron chi connectivity index (χ4n) is 1.51.